The molecule has 1 amide bonds. The lowest BCUT2D eigenvalue weighted by molar-refractivity contribution is -0.117. The number of Topliss-reactive ketones (excluding diaryl/α,β-unsaturated/α-hetero) is 1. The first-order valence-electron chi connectivity index (χ1n) is 12.7. The van der Waals surface area contributed by atoms with E-state index in [1.165, 1.54) is 16.2 Å². The average molecular weight is 539 g/mol. The van der Waals surface area contributed by atoms with Gasteiger partial charge in [-0.2, -0.15) is 0 Å². The number of methoxy groups -OCH3 is 1. The Bertz CT molecular complexity index is 1560. The predicted octanol–water partition coefficient (Wildman–Crippen LogP) is 7.21. The topological polar surface area (TPSA) is 79.7 Å². The Hall–Kier alpha value is -4.23. The molecule has 39 heavy (non-hydrogen) atoms. The van der Waals surface area contributed by atoms with Crippen LogP contribution in [-0.4, -0.2) is 28.9 Å². The van der Waals surface area contributed by atoms with Crippen LogP contribution >= 0.6 is 11.3 Å². The fraction of sp³-hybridized carbons (Fsp3) is 0.219. The molecule has 0 aliphatic carbocycles. The highest BCUT2D eigenvalue weighted by Crippen LogP contribution is 2.44. The highest BCUT2D eigenvalue weighted by molar-refractivity contribution is 7.17. The number of rotatable bonds is 6. The molecule has 198 valence electrons. The van der Waals surface area contributed by atoms with Crippen LogP contribution in [0, 0.1) is 6.92 Å². The SMILES string of the molecule is COc1ccc(N2C(=O)C(O)=C(C(=O)c3sc(-c4ccccc4)nc3C)C2c2ccc(C(C)(C)C)cc2)cc1. The number of benzene rings is 3. The Morgan fingerprint density at radius 2 is 1.62 bits per heavy atom. The number of hydrogen-bond acceptors (Lipinski definition) is 6. The molecule has 1 aromatic heterocycles. The van der Waals surface area contributed by atoms with Crippen molar-refractivity contribution in [1.29, 1.82) is 0 Å². The van der Waals surface area contributed by atoms with Gasteiger partial charge < -0.3 is 9.84 Å². The van der Waals surface area contributed by atoms with Gasteiger partial charge in [0.15, 0.2) is 5.76 Å². The molecule has 0 fully saturated rings. The summed E-state index contributed by atoms with van der Waals surface area (Å²) >= 11 is 1.26. The molecule has 6 nitrogen and oxygen atoms in total. The average Bonchev–Trinajstić information content (AvgIpc) is 3.45. The van der Waals surface area contributed by atoms with E-state index in [9.17, 15) is 14.7 Å². The Labute approximate surface area is 232 Å². The second-order valence-corrected chi connectivity index (χ2v) is 11.5. The van der Waals surface area contributed by atoms with Crippen LogP contribution in [0.5, 0.6) is 5.75 Å². The summed E-state index contributed by atoms with van der Waals surface area (Å²) in [6.07, 6.45) is 0. The zero-order chi connectivity index (χ0) is 27.9. The molecule has 1 aliphatic heterocycles. The third-order valence-corrected chi connectivity index (χ3v) is 8.12. The van der Waals surface area contributed by atoms with Crippen molar-refractivity contribution in [2.75, 3.05) is 12.0 Å². The fourth-order valence-electron chi connectivity index (χ4n) is 4.76. The van der Waals surface area contributed by atoms with Gasteiger partial charge in [-0.1, -0.05) is 75.4 Å². The van der Waals surface area contributed by atoms with Crippen molar-refractivity contribution < 1.29 is 19.4 Å². The van der Waals surface area contributed by atoms with Gasteiger partial charge >= 0.3 is 0 Å². The van der Waals surface area contributed by atoms with Crippen molar-refractivity contribution in [3.8, 4) is 16.3 Å². The van der Waals surface area contributed by atoms with Crippen LogP contribution in [0.3, 0.4) is 0 Å². The Morgan fingerprint density at radius 1 is 0.974 bits per heavy atom. The van der Waals surface area contributed by atoms with Crippen LogP contribution in [-0.2, 0) is 10.2 Å². The van der Waals surface area contributed by atoms with E-state index in [1.807, 2.05) is 54.6 Å². The van der Waals surface area contributed by atoms with E-state index in [2.05, 4.69) is 25.8 Å². The number of thiazole rings is 1. The van der Waals surface area contributed by atoms with Crippen LogP contribution in [0.15, 0.2) is 90.2 Å². The quantitative estimate of drug-likeness (QED) is 0.263. The van der Waals surface area contributed by atoms with Gasteiger partial charge in [-0.3, -0.25) is 14.5 Å². The lowest BCUT2D eigenvalue weighted by Crippen LogP contribution is -2.31. The van der Waals surface area contributed by atoms with Crippen molar-refractivity contribution in [2.24, 2.45) is 0 Å². The molecule has 0 saturated carbocycles. The number of nitrogens with zero attached hydrogens (tertiary/aromatic N) is 2. The zero-order valence-corrected chi connectivity index (χ0v) is 23.4. The van der Waals surface area contributed by atoms with Gasteiger partial charge in [0.25, 0.3) is 5.91 Å². The summed E-state index contributed by atoms with van der Waals surface area (Å²) < 4.78 is 5.28. The molecule has 0 bridgehead atoms. The standard InChI is InChI=1S/C32H30N2O4S/c1-19-29(39-30(33-19)21-9-7-6-8-10-21)27(35)25-26(20-11-13-22(14-12-20)32(2,3)4)34(31(37)28(25)36)23-15-17-24(38-5)18-16-23/h6-18,26,36H,1-5H3. The first-order valence-corrected chi connectivity index (χ1v) is 13.5. The third kappa shape index (κ3) is 4.86. The molecule has 1 atom stereocenters. The minimum absolute atomic E-state index is 0.0469. The van der Waals surface area contributed by atoms with Crippen molar-refractivity contribution in [2.45, 2.75) is 39.2 Å². The van der Waals surface area contributed by atoms with Crippen LogP contribution in [0.1, 0.15) is 53.3 Å². The summed E-state index contributed by atoms with van der Waals surface area (Å²) in [6.45, 7) is 8.16. The summed E-state index contributed by atoms with van der Waals surface area (Å²) in [4.78, 5) is 34.2. The van der Waals surface area contributed by atoms with Crippen LogP contribution in [0.25, 0.3) is 10.6 Å². The fourth-order valence-corrected chi connectivity index (χ4v) is 5.79. The van der Waals surface area contributed by atoms with Crippen molar-refractivity contribution in [1.82, 2.24) is 4.98 Å². The third-order valence-electron chi connectivity index (χ3n) is 6.92. The number of carbonyl (C=O) groups excluding carboxylic acids is 2. The highest BCUT2D eigenvalue weighted by Gasteiger charge is 2.45. The smallest absolute Gasteiger partial charge is 0.294 e. The Balaban J connectivity index is 1.62. The molecule has 0 radical (unpaired) electrons. The maximum absolute atomic E-state index is 14.1. The van der Waals surface area contributed by atoms with Gasteiger partial charge in [0.1, 0.15) is 10.8 Å². The van der Waals surface area contributed by atoms with Gasteiger partial charge in [0.05, 0.1) is 29.3 Å². The van der Waals surface area contributed by atoms with E-state index in [1.54, 1.807) is 38.3 Å². The Morgan fingerprint density at radius 3 is 2.21 bits per heavy atom. The van der Waals surface area contributed by atoms with E-state index in [4.69, 9.17) is 4.74 Å². The van der Waals surface area contributed by atoms with E-state index in [0.717, 1.165) is 16.7 Å². The molecule has 7 heteroatoms. The normalized spacial score (nSPS) is 15.7. The number of aliphatic hydroxyl groups is 1. The minimum atomic E-state index is -0.811. The molecule has 1 aliphatic rings. The number of aromatic nitrogens is 1. The molecular weight excluding hydrogens is 508 g/mol. The largest absolute Gasteiger partial charge is 0.503 e. The van der Waals surface area contributed by atoms with Crippen LogP contribution in [0.2, 0.25) is 0 Å². The lowest BCUT2D eigenvalue weighted by Gasteiger charge is -2.28. The number of aliphatic hydroxyl groups excluding tert-OH is 1. The molecule has 4 aromatic rings. The number of anilines is 1. The van der Waals surface area contributed by atoms with Crippen LogP contribution < -0.4 is 9.64 Å². The number of aryl methyl sites for hydroxylation is 1. The van der Waals surface area contributed by atoms with Crippen molar-refractivity contribution in [3.63, 3.8) is 0 Å². The maximum atomic E-state index is 14.1. The molecule has 3 aromatic carbocycles. The molecule has 0 saturated heterocycles. The minimum Gasteiger partial charge on any atom is -0.503 e. The molecule has 1 N–H and O–H groups in total. The predicted molar refractivity (Wildman–Crippen MR) is 155 cm³/mol. The van der Waals surface area contributed by atoms with E-state index >= 15 is 0 Å². The van der Waals surface area contributed by atoms with Crippen LogP contribution in [0.4, 0.5) is 5.69 Å². The van der Waals surface area contributed by atoms with Gasteiger partial charge in [0, 0.05) is 11.3 Å². The molecule has 2 heterocycles. The second-order valence-electron chi connectivity index (χ2n) is 10.5. The van der Waals surface area contributed by atoms with Gasteiger partial charge in [-0.25, -0.2) is 4.98 Å². The van der Waals surface area contributed by atoms with Gasteiger partial charge in [0.2, 0.25) is 5.78 Å². The van der Waals surface area contributed by atoms with Gasteiger partial charge in [-0.15, -0.1) is 11.3 Å². The molecule has 0 spiro atoms. The van der Waals surface area contributed by atoms with E-state index in [0.29, 0.717) is 27.0 Å². The number of carbonyl (C=O) groups is 2. The van der Waals surface area contributed by atoms with E-state index in [-0.39, 0.29) is 11.0 Å². The van der Waals surface area contributed by atoms with Gasteiger partial charge in [-0.05, 0) is 47.7 Å². The molecule has 1 unspecified atom stereocenters. The molecular formula is C32H30N2O4S. The summed E-state index contributed by atoms with van der Waals surface area (Å²) in [6, 6.07) is 23.7. The lowest BCUT2D eigenvalue weighted by atomic mass is 9.85. The maximum Gasteiger partial charge on any atom is 0.294 e. The first kappa shape index (κ1) is 26.4. The number of ether oxygens (including phenoxy) is 1. The second kappa shape index (κ2) is 10.2. The number of ketones is 1. The first-order chi connectivity index (χ1) is 18.6. The van der Waals surface area contributed by atoms with E-state index < -0.39 is 23.5 Å². The summed E-state index contributed by atoms with van der Waals surface area (Å²) in [5.41, 5.74) is 3.84. The van der Waals surface area contributed by atoms with Crippen molar-refractivity contribution >= 4 is 28.7 Å². The number of hydrogen-bond donors (Lipinski definition) is 1. The Kier molecular flexibility index (Phi) is 6.87. The summed E-state index contributed by atoms with van der Waals surface area (Å²) in [5.74, 6) is -0.939. The summed E-state index contributed by atoms with van der Waals surface area (Å²) in [7, 11) is 1.57. The highest BCUT2D eigenvalue weighted by atomic mass is 32.1. The molecule has 5 rings (SSSR count). The van der Waals surface area contributed by atoms with Crippen molar-refractivity contribution in [3.05, 3.63) is 112 Å². The monoisotopic (exact) mass is 538 g/mol. The zero-order valence-electron chi connectivity index (χ0n) is 22.6. The summed E-state index contributed by atoms with van der Waals surface area (Å²) in [5, 5.41) is 11.9. The number of amides is 1.